The lowest BCUT2D eigenvalue weighted by molar-refractivity contribution is 0.0215. The Kier molecular flexibility index (Phi) is 16.8. The van der Waals surface area contributed by atoms with Gasteiger partial charge in [-0.2, -0.15) is 8.42 Å². The Balaban J connectivity index is 0. The van der Waals surface area contributed by atoms with Gasteiger partial charge < -0.3 is 5.11 Å². The van der Waals surface area contributed by atoms with Gasteiger partial charge in [0.1, 0.15) is 0 Å². The molecule has 0 heterocycles. The second-order valence-electron chi connectivity index (χ2n) is 6.55. The highest BCUT2D eigenvalue weighted by Gasteiger charge is 2.25. The predicted molar refractivity (Wildman–Crippen MR) is 101 cm³/mol. The van der Waals surface area contributed by atoms with Crippen LogP contribution in [-0.4, -0.2) is 52.5 Å². The van der Waals surface area contributed by atoms with Crippen LogP contribution in [0.1, 0.15) is 97.3 Å². The van der Waals surface area contributed by atoms with Crippen LogP contribution in [0.3, 0.4) is 0 Å². The molecule has 6 heteroatoms. The molecule has 0 radical (unpaired) electrons. The molecule has 0 bridgehead atoms. The van der Waals surface area contributed by atoms with E-state index < -0.39 is 15.7 Å². The summed E-state index contributed by atoms with van der Waals surface area (Å²) in [5.41, 5.74) is -0.948. The van der Waals surface area contributed by atoms with E-state index in [-0.39, 0.29) is 35.2 Å². The third-order valence-corrected chi connectivity index (χ3v) is 5.20. The zero-order valence-corrected chi connectivity index (χ0v) is 15.3. The summed E-state index contributed by atoms with van der Waals surface area (Å²) in [6.07, 6.45) is 13.7. The van der Waals surface area contributed by atoms with Gasteiger partial charge in [0.15, 0.2) is 0 Å². The molecule has 23 heavy (non-hydrogen) atoms. The van der Waals surface area contributed by atoms with Gasteiger partial charge in [0, 0.05) is 0 Å². The number of unbranched alkanes of at least 4 members (excludes halogenated alkanes) is 9. The van der Waals surface area contributed by atoms with Crippen LogP contribution in [0.2, 0.25) is 0 Å². The van der Waals surface area contributed by atoms with Crippen LogP contribution < -0.4 is 0 Å². The molecule has 0 aromatic rings. The van der Waals surface area contributed by atoms with E-state index in [4.69, 9.17) is 4.55 Å². The van der Waals surface area contributed by atoms with Crippen LogP contribution in [0.4, 0.5) is 0 Å². The normalized spacial score (nSPS) is 14.3. The van der Waals surface area contributed by atoms with Gasteiger partial charge in [0.2, 0.25) is 0 Å². The smallest absolute Gasteiger partial charge is 0.316 e. The van der Waals surface area contributed by atoms with Crippen molar-refractivity contribution < 1.29 is 18.1 Å². The van der Waals surface area contributed by atoms with Crippen molar-refractivity contribution in [2.75, 3.05) is 5.75 Å². The lowest BCUT2D eigenvalue weighted by atomic mass is 9.90. The number of hydrogen-bond acceptors (Lipinski definition) is 3. The van der Waals surface area contributed by atoms with Gasteiger partial charge in [-0.25, -0.2) is 0 Å². The van der Waals surface area contributed by atoms with Gasteiger partial charge in [-0.3, -0.25) is 4.55 Å². The summed E-state index contributed by atoms with van der Waals surface area (Å²) in [5.74, 6) is -0.352. The molecule has 0 fully saturated rings. The van der Waals surface area contributed by atoms with Gasteiger partial charge in [0.25, 0.3) is 10.1 Å². The molecule has 0 aromatic heterocycles. The highest BCUT2D eigenvalue weighted by atomic mass is 32.2. The van der Waals surface area contributed by atoms with Crippen LogP contribution in [0.25, 0.3) is 0 Å². The molecule has 0 aliphatic carbocycles. The first-order valence-corrected chi connectivity index (χ1v) is 10.6. The lowest BCUT2D eigenvalue weighted by Crippen LogP contribution is -2.30. The molecular weight excluding hydrogens is 325 g/mol. The van der Waals surface area contributed by atoms with Crippen LogP contribution in [-0.2, 0) is 10.1 Å². The molecule has 138 valence electrons. The topological polar surface area (TPSA) is 74.6 Å². The lowest BCUT2D eigenvalue weighted by Gasteiger charge is -2.26. The van der Waals surface area contributed by atoms with Crippen LogP contribution in [0, 0.1) is 0 Å². The maximum atomic E-state index is 10.8. The molecule has 0 saturated heterocycles. The maximum Gasteiger partial charge on any atom is 0.316 e. The van der Waals surface area contributed by atoms with Crippen molar-refractivity contribution in [1.82, 2.24) is 0 Å². The van der Waals surface area contributed by atoms with Crippen LogP contribution >= 0.6 is 0 Å². The summed E-state index contributed by atoms with van der Waals surface area (Å²) >= 11 is 0. The second kappa shape index (κ2) is 14.9. The summed E-state index contributed by atoms with van der Waals surface area (Å²) in [4.78, 5) is 0. The molecule has 0 saturated carbocycles. The van der Waals surface area contributed by atoms with Crippen molar-refractivity contribution in [3.05, 3.63) is 0 Å². The summed E-state index contributed by atoms with van der Waals surface area (Å²) in [6, 6.07) is 0. The molecule has 2 N–H and O–H groups in total. The Morgan fingerprint density at radius 3 is 1.61 bits per heavy atom. The predicted octanol–water partition coefficient (Wildman–Crippen LogP) is 3.80. The van der Waals surface area contributed by atoms with Crippen molar-refractivity contribution in [2.24, 2.45) is 0 Å². The fourth-order valence-electron chi connectivity index (χ4n) is 2.74. The quantitative estimate of drug-likeness (QED) is 0.264. The van der Waals surface area contributed by atoms with Crippen molar-refractivity contribution in [3.63, 3.8) is 0 Å². The monoisotopic (exact) mass is 362 g/mol. The SMILES string of the molecule is CCCCCCCCCCCCC(O)(CC)CCS(=O)(=O)O.[MgH2]. The van der Waals surface area contributed by atoms with Gasteiger partial charge in [-0.05, 0) is 19.3 Å². The molecule has 1 unspecified atom stereocenters. The Morgan fingerprint density at radius 2 is 1.22 bits per heavy atom. The zero-order valence-electron chi connectivity index (χ0n) is 14.5. The standard InChI is InChI=1S/C17H36O4S.Mg.2H/c1-3-5-6-7-8-9-10-11-12-13-14-17(18,4-2)15-16-22(19,20)21;;;/h18H,3-16H2,1-2H3,(H,19,20,21);;;. The Morgan fingerprint density at radius 1 is 0.783 bits per heavy atom. The zero-order chi connectivity index (χ0) is 16.9. The van der Waals surface area contributed by atoms with Crippen molar-refractivity contribution in [3.8, 4) is 0 Å². The minimum absolute atomic E-state index is 0. The van der Waals surface area contributed by atoms with E-state index >= 15 is 0 Å². The number of rotatable bonds is 15. The van der Waals surface area contributed by atoms with Crippen LogP contribution in [0.5, 0.6) is 0 Å². The number of hydrogen-bond donors (Lipinski definition) is 2. The van der Waals surface area contributed by atoms with E-state index in [2.05, 4.69) is 6.92 Å². The Bertz CT molecular complexity index is 360. The third kappa shape index (κ3) is 17.3. The first-order valence-electron chi connectivity index (χ1n) is 9.00. The maximum absolute atomic E-state index is 10.8. The molecule has 0 aromatic carbocycles. The fraction of sp³-hybridized carbons (Fsp3) is 1.00. The molecule has 0 aliphatic rings. The fourth-order valence-corrected chi connectivity index (χ4v) is 3.38. The van der Waals surface area contributed by atoms with Crippen molar-refractivity contribution in [1.29, 1.82) is 0 Å². The van der Waals surface area contributed by atoms with Gasteiger partial charge in [-0.1, -0.05) is 78.1 Å². The second-order valence-corrected chi connectivity index (χ2v) is 8.12. The third-order valence-electron chi connectivity index (χ3n) is 4.48. The molecule has 4 nitrogen and oxygen atoms in total. The minimum Gasteiger partial charge on any atom is -0.390 e. The highest BCUT2D eigenvalue weighted by Crippen LogP contribution is 2.24. The van der Waals surface area contributed by atoms with E-state index in [0.29, 0.717) is 12.8 Å². The van der Waals surface area contributed by atoms with Crippen molar-refractivity contribution in [2.45, 2.75) is 103 Å². The van der Waals surface area contributed by atoms with Crippen LogP contribution in [0.15, 0.2) is 0 Å². The van der Waals surface area contributed by atoms with Gasteiger partial charge in [-0.15, -0.1) is 0 Å². The Hall–Kier alpha value is 0.636. The molecule has 0 spiro atoms. The van der Waals surface area contributed by atoms with E-state index in [1.165, 1.54) is 51.4 Å². The molecule has 0 aliphatic heterocycles. The average molecular weight is 363 g/mol. The van der Waals surface area contributed by atoms with Gasteiger partial charge in [0.05, 0.1) is 11.4 Å². The summed E-state index contributed by atoms with van der Waals surface area (Å²) in [5, 5.41) is 10.3. The van der Waals surface area contributed by atoms with E-state index in [0.717, 1.165) is 12.8 Å². The Labute approximate surface area is 159 Å². The highest BCUT2D eigenvalue weighted by molar-refractivity contribution is 7.85. The number of aliphatic hydroxyl groups is 1. The molecule has 0 amide bonds. The van der Waals surface area contributed by atoms with E-state index in [1.807, 2.05) is 6.92 Å². The molecule has 1 atom stereocenters. The first kappa shape index (κ1) is 25.9. The van der Waals surface area contributed by atoms with E-state index in [9.17, 15) is 13.5 Å². The average Bonchev–Trinajstić information content (AvgIpc) is 2.46. The first-order chi connectivity index (χ1) is 10.3. The molecular formula is C17H38MgO4S. The molecule has 0 rings (SSSR count). The summed E-state index contributed by atoms with van der Waals surface area (Å²) in [7, 11) is -3.98. The summed E-state index contributed by atoms with van der Waals surface area (Å²) in [6.45, 7) is 4.09. The van der Waals surface area contributed by atoms with Crippen molar-refractivity contribution >= 4 is 33.2 Å². The summed E-state index contributed by atoms with van der Waals surface area (Å²) < 4.78 is 30.3. The minimum atomic E-state index is -3.98. The largest absolute Gasteiger partial charge is 0.390 e. The van der Waals surface area contributed by atoms with E-state index in [1.54, 1.807) is 0 Å². The van der Waals surface area contributed by atoms with Gasteiger partial charge >= 0.3 is 23.1 Å².